The Morgan fingerprint density at radius 2 is 1.80 bits per heavy atom. The number of amides is 1. The summed E-state index contributed by atoms with van der Waals surface area (Å²) in [6.45, 7) is 2.08. The Balaban J connectivity index is 1.97. The fraction of sp³-hybridized carbons (Fsp3) is 0.261. The number of hydrogen-bond donors (Lipinski definition) is 1. The number of carboxylic acid groups (broad SMARTS) is 1. The third-order valence-corrected chi connectivity index (χ3v) is 4.80. The second-order valence-electron chi connectivity index (χ2n) is 6.79. The number of rotatable bonds is 8. The molecule has 0 radical (unpaired) electrons. The van der Waals surface area contributed by atoms with E-state index >= 15 is 0 Å². The maximum absolute atomic E-state index is 13.2. The van der Waals surface area contributed by atoms with Crippen LogP contribution in [0.4, 0.5) is 5.69 Å². The fourth-order valence-electron chi connectivity index (χ4n) is 3.16. The van der Waals surface area contributed by atoms with Crippen molar-refractivity contribution in [1.29, 1.82) is 0 Å². The van der Waals surface area contributed by atoms with Crippen molar-refractivity contribution in [1.82, 2.24) is 0 Å². The van der Waals surface area contributed by atoms with Crippen molar-refractivity contribution in [3.63, 3.8) is 0 Å². The predicted molar refractivity (Wildman–Crippen MR) is 115 cm³/mol. The molecular weight excluding hydrogens is 384 g/mol. The number of benzene rings is 2. The number of aromatic carboxylic acids is 1. The highest BCUT2D eigenvalue weighted by molar-refractivity contribution is 6.32. The van der Waals surface area contributed by atoms with E-state index < -0.39 is 5.97 Å². The molecule has 1 heterocycles. The third kappa shape index (κ3) is 4.35. The van der Waals surface area contributed by atoms with Crippen LogP contribution in [0.1, 0.15) is 42.1 Å². The zero-order valence-electron chi connectivity index (χ0n) is 17.2. The van der Waals surface area contributed by atoms with Crippen molar-refractivity contribution in [2.24, 2.45) is 5.10 Å². The number of carbonyl (C=O) groups excluding carboxylic acids is 1. The van der Waals surface area contributed by atoms with E-state index in [0.29, 0.717) is 34.9 Å². The van der Waals surface area contributed by atoms with Crippen LogP contribution in [0.25, 0.3) is 6.08 Å². The van der Waals surface area contributed by atoms with Crippen molar-refractivity contribution < 1.29 is 24.2 Å². The SMILES string of the molecule is CCCCC1=NN(c2ccc(C(=O)O)cc2)C(=O)/C1=C\c1ccc(OC)c(OC)c1. The summed E-state index contributed by atoms with van der Waals surface area (Å²) in [5.41, 5.74) is 2.69. The van der Waals surface area contributed by atoms with Crippen LogP contribution < -0.4 is 14.5 Å². The first-order chi connectivity index (χ1) is 14.5. The van der Waals surface area contributed by atoms with Gasteiger partial charge in [0.25, 0.3) is 5.91 Å². The highest BCUT2D eigenvalue weighted by Gasteiger charge is 2.30. The van der Waals surface area contributed by atoms with Crippen molar-refractivity contribution >= 4 is 29.4 Å². The standard InChI is InChI=1S/C23H24N2O5/c1-4-5-6-19-18(13-15-7-12-20(29-2)21(14-15)30-3)22(26)25(24-19)17-10-8-16(9-11-17)23(27)28/h7-14H,4-6H2,1-3H3,(H,27,28)/b18-13-. The first-order valence-electron chi connectivity index (χ1n) is 9.67. The molecule has 30 heavy (non-hydrogen) atoms. The molecule has 2 aromatic rings. The van der Waals surface area contributed by atoms with Crippen LogP contribution in [-0.2, 0) is 4.79 Å². The highest BCUT2D eigenvalue weighted by Crippen LogP contribution is 2.31. The molecule has 0 unspecified atom stereocenters. The number of ether oxygens (including phenoxy) is 2. The number of nitrogens with zero attached hydrogens (tertiary/aromatic N) is 2. The van der Waals surface area contributed by atoms with Gasteiger partial charge in [-0.05, 0) is 60.9 Å². The molecule has 0 aromatic heterocycles. The molecule has 0 atom stereocenters. The lowest BCUT2D eigenvalue weighted by Crippen LogP contribution is -2.21. The zero-order valence-corrected chi connectivity index (χ0v) is 17.2. The number of methoxy groups -OCH3 is 2. The Hall–Kier alpha value is -3.61. The van der Waals surface area contributed by atoms with Crippen LogP contribution in [-0.4, -0.2) is 36.9 Å². The molecule has 3 rings (SSSR count). The molecule has 0 saturated heterocycles. The number of unbranched alkanes of at least 4 members (excludes halogenated alkanes) is 1. The average molecular weight is 408 g/mol. The topological polar surface area (TPSA) is 88.4 Å². The van der Waals surface area contributed by atoms with E-state index in [0.717, 1.165) is 18.4 Å². The molecule has 0 aliphatic carbocycles. The second-order valence-corrected chi connectivity index (χ2v) is 6.79. The smallest absolute Gasteiger partial charge is 0.335 e. The van der Waals surface area contributed by atoms with Gasteiger partial charge in [-0.15, -0.1) is 0 Å². The largest absolute Gasteiger partial charge is 0.493 e. The van der Waals surface area contributed by atoms with Gasteiger partial charge < -0.3 is 14.6 Å². The molecule has 156 valence electrons. The van der Waals surface area contributed by atoms with Crippen molar-refractivity contribution in [2.75, 3.05) is 19.2 Å². The van der Waals surface area contributed by atoms with E-state index in [1.807, 2.05) is 6.07 Å². The highest BCUT2D eigenvalue weighted by atomic mass is 16.5. The number of hydrazone groups is 1. The molecule has 1 aliphatic rings. The van der Waals surface area contributed by atoms with E-state index in [9.17, 15) is 9.59 Å². The molecule has 7 heteroatoms. The Morgan fingerprint density at radius 3 is 2.40 bits per heavy atom. The Kier molecular flexibility index (Phi) is 6.51. The first kappa shape index (κ1) is 21.1. The van der Waals surface area contributed by atoms with E-state index in [1.165, 1.54) is 17.1 Å². The van der Waals surface area contributed by atoms with Crippen LogP contribution in [0.15, 0.2) is 53.1 Å². The zero-order chi connectivity index (χ0) is 21.7. The molecular formula is C23H24N2O5. The monoisotopic (exact) mass is 408 g/mol. The van der Waals surface area contributed by atoms with Gasteiger partial charge in [0.2, 0.25) is 0 Å². The van der Waals surface area contributed by atoms with E-state index in [4.69, 9.17) is 14.6 Å². The van der Waals surface area contributed by atoms with Crippen LogP contribution in [0.5, 0.6) is 11.5 Å². The predicted octanol–water partition coefficient (Wildman–Crippen LogP) is 4.38. The van der Waals surface area contributed by atoms with Gasteiger partial charge in [0.15, 0.2) is 11.5 Å². The minimum absolute atomic E-state index is 0.154. The number of carboxylic acids is 1. The third-order valence-electron chi connectivity index (χ3n) is 4.80. The molecule has 1 N–H and O–H groups in total. The number of hydrogen-bond acceptors (Lipinski definition) is 5. The van der Waals surface area contributed by atoms with Crippen LogP contribution in [0.3, 0.4) is 0 Å². The summed E-state index contributed by atoms with van der Waals surface area (Å²) in [6.07, 6.45) is 4.35. The molecule has 0 fully saturated rings. The summed E-state index contributed by atoms with van der Waals surface area (Å²) in [6, 6.07) is 11.5. The lowest BCUT2D eigenvalue weighted by molar-refractivity contribution is -0.114. The minimum Gasteiger partial charge on any atom is -0.493 e. The van der Waals surface area contributed by atoms with Gasteiger partial charge in [-0.2, -0.15) is 10.1 Å². The molecule has 0 bridgehead atoms. The van der Waals surface area contributed by atoms with Crippen LogP contribution in [0, 0.1) is 0 Å². The van der Waals surface area contributed by atoms with Gasteiger partial charge in [0, 0.05) is 0 Å². The van der Waals surface area contributed by atoms with Crippen LogP contribution >= 0.6 is 0 Å². The van der Waals surface area contributed by atoms with Crippen molar-refractivity contribution in [2.45, 2.75) is 26.2 Å². The lowest BCUT2D eigenvalue weighted by Gasteiger charge is -2.12. The Labute approximate surface area is 175 Å². The Morgan fingerprint density at radius 1 is 1.10 bits per heavy atom. The summed E-state index contributed by atoms with van der Waals surface area (Å²) in [7, 11) is 3.13. The van der Waals surface area contributed by atoms with Crippen LogP contribution in [0.2, 0.25) is 0 Å². The van der Waals surface area contributed by atoms with Gasteiger partial charge in [-0.3, -0.25) is 4.79 Å². The van der Waals surface area contributed by atoms with Gasteiger partial charge in [-0.1, -0.05) is 19.4 Å². The van der Waals surface area contributed by atoms with E-state index in [1.54, 1.807) is 44.6 Å². The second kappa shape index (κ2) is 9.26. The van der Waals surface area contributed by atoms with Gasteiger partial charge in [0.1, 0.15) is 0 Å². The quantitative estimate of drug-likeness (QED) is 0.655. The summed E-state index contributed by atoms with van der Waals surface area (Å²) in [5.74, 6) is -0.0858. The number of anilines is 1. The van der Waals surface area contributed by atoms with Gasteiger partial charge in [0.05, 0.1) is 36.8 Å². The molecule has 1 amide bonds. The number of carbonyl (C=O) groups is 2. The summed E-state index contributed by atoms with van der Waals surface area (Å²) < 4.78 is 10.6. The normalized spacial score (nSPS) is 14.8. The van der Waals surface area contributed by atoms with E-state index in [2.05, 4.69) is 12.0 Å². The van der Waals surface area contributed by atoms with E-state index in [-0.39, 0.29) is 11.5 Å². The summed E-state index contributed by atoms with van der Waals surface area (Å²) in [5, 5.41) is 14.9. The maximum atomic E-state index is 13.2. The van der Waals surface area contributed by atoms with Gasteiger partial charge in [-0.25, -0.2) is 4.79 Å². The lowest BCUT2D eigenvalue weighted by atomic mass is 10.0. The molecule has 1 aliphatic heterocycles. The molecule has 7 nitrogen and oxygen atoms in total. The average Bonchev–Trinajstić information content (AvgIpc) is 3.07. The fourth-order valence-corrected chi connectivity index (χ4v) is 3.16. The Bertz CT molecular complexity index is 1010. The molecule has 2 aromatic carbocycles. The summed E-state index contributed by atoms with van der Waals surface area (Å²) in [4.78, 5) is 24.2. The maximum Gasteiger partial charge on any atom is 0.335 e. The molecule has 0 saturated carbocycles. The first-order valence-corrected chi connectivity index (χ1v) is 9.67. The van der Waals surface area contributed by atoms with Gasteiger partial charge >= 0.3 is 5.97 Å². The molecule has 0 spiro atoms. The van der Waals surface area contributed by atoms with Crippen molar-refractivity contribution in [3.05, 3.63) is 59.2 Å². The van der Waals surface area contributed by atoms with Crippen molar-refractivity contribution in [3.8, 4) is 11.5 Å². The summed E-state index contributed by atoms with van der Waals surface area (Å²) >= 11 is 0. The minimum atomic E-state index is -1.02.